The molecule has 1 aromatic heterocycles. The molecule has 2 aromatic rings. The Morgan fingerprint density at radius 3 is 2.65 bits per heavy atom. The second-order valence-corrected chi connectivity index (χ2v) is 7.82. The van der Waals surface area contributed by atoms with Gasteiger partial charge in [-0.05, 0) is 18.9 Å². The van der Waals surface area contributed by atoms with E-state index in [1.54, 1.807) is 12.1 Å². The van der Waals surface area contributed by atoms with Gasteiger partial charge in [0.25, 0.3) is 5.69 Å². The first kappa shape index (κ1) is 17.0. The molecule has 1 aromatic carbocycles. The average Bonchev–Trinajstić information content (AvgIpc) is 3.30. The number of carbonyl (C=O) groups is 1. The first-order chi connectivity index (χ1) is 12.6. The zero-order chi connectivity index (χ0) is 18.1. The Morgan fingerprint density at radius 1 is 1.23 bits per heavy atom. The summed E-state index contributed by atoms with van der Waals surface area (Å²) in [6.45, 7) is 2.77. The van der Waals surface area contributed by atoms with E-state index in [9.17, 15) is 14.9 Å². The maximum absolute atomic E-state index is 12.4. The molecule has 4 rings (SSSR count). The topological polar surface area (TPSA) is 91.6 Å². The van der Waals surface area contributed by atoms with Gasteiger partial charge in [0.15, 0.2) is 5.13 Å². The third-order valence-corrected chi connectivity index (χ3v) is 6.17. The van der Waals surface area contributed by atoms with Crippen molar-refractivity contribution in [2.24, 2.45) is 0 Å². The number of nitrogens with one attached hydrogen (secondary N) is 1. The molecule has 138 valence electrons. The van der Waals surface area contributed by atoms with Crippen molar-refractivity contribution in [3.8, 4) is 0 Å². The van der Waals surface area contributed by atoms with Crippen LogP contribution in [0.15, 0.2) is 18.2 Å². The lowest BCUT2D eigenvalue weighted by molar-refractivity contribution is -0.384. The van der Waals surface area contributed by atoms with Crippen LogP contribution in [0.3, 0.4) is 0 Å². The number of benzene rings is 1. The van der Waals surface area contributed by atoms with E-state index in [0.29, 0.717) is 19.1 Å². The monoisotopic (exact) mass is 375 g/mol. The number of nitro benzene ring substituents is 1. The van der Waals surface area contributed by atoms with Crippen LogP contribution in [0, 0.1) is 10.1 Å². The fourth-order valence-electron chi connectivity index (χ4n) is 3.59. The van der Waals surface area contributed by atoms with Crippen LogP contribution >= 0.6 is 11.3 Å². The maximum atomic E-state index is 12.4. The highest BCUT2D eigenvalue weighted by Gasteiger charge is 2.25. The number of urea groups is 1. The highest BCUT2D eigenvalue weighted by atomic mass is 32.1. The molecule has 1 aliphatic carbocycles. The van der Waals surface area contributed by atoms with Crippen LogP contribution in [-0.4, -0.2) is 53.1 Å². The molecule has 0 radical (unpaired) electrons. The molecule has 26 heavy (non-hydrogen) atoms. The smallest absolute Gasteiger partial charge is 0.317 e. The number of carbonyl (C=O) groups excluding carboxylic acids is 1. The molecular weight excluding hydrogens is 354 g/mol. The van der Waals surface area contributed by atoms with E-state index in [4.69, 9.17) is 0 Å². The summed E-state index contributed by atoms with van der Waals surface area (Å²) in [5, 5.41) is 14.9. The van der Waals surface area contributed by atoms with Crippen LogP contribution in [0.4, 0.5) is 15.6 Å². The predicted molar refractivity (Wildman–Crippen MR) is 101 cm³/mol. The minimum atomic E-state index is -0.388. The van der Waals surface area contributed by atoms with Crippen molar-refractivity contribution in [2.75, 3.05) is 31.1 Å². The molecule has 1 N–H and O–H groups in total. The Hall–Kier alpha value is -2.42. The lowest BCUT2D eigenvalue weighted by Gasteiger charge is -2.35. The van der Waals surface area contributed by atoms with Crippen LogP contribution in [0.2, 0.25) is 0 Å². The van der Waals surface area contributed by atoms with Gasteiger partial charge < -0.3 is 15.1 Å². The summed E-state index contributed by atoms with van der Waals surface area (Å²) in [7, 11) is 0. The molecule has 1 saturated heterocycles. The number of rotatable bonds is 3. The summed E-state index contributed by atoms with van der Waals surface area (Å²) in [6.07, 6.45) is 4.58. The van der Waals surface area contributed by atoms with Crippen LogP contribution in [0.5, 0.6) is 0 Å². The van der Waals surface area contributed by atoms with E-state index >= 15 is 0 Å². The fraction of sp³-hybridized carbons (Fsp3) is 0.529. The van der Waals surface area contributed by atoms with Gasteiger partial charge in [0.05, 0.1) is 15.1 Å². The SMILES string of the molecule is O=C(NC1CCCC1)N1CCN(c2nc3ccc([N+](=O)[O-])cc3s2)CC1. The third-order valence-electron chi connectivity index (χ3n) is 5.09. The van der Waals surface area contributed by atoms with E-state index in [-0.39, 0.29) is 16.6 Å². The minimum Gasteiger partial charge on any atom is -0.345 e. The lowest BCUT2D eigenvalue weighted by Crippen LogP contribution is -2.53. The van der Waals surface area contributed by atoms with Crippen molar-refractivity contribution < 1.29 is 9.72 Å². The molecule has 0 spiro atoms. The molecule has 2 fully saturated rings. The summed E-state index contributed by atoms with van der Waals surface area (Å²) in [6, 6.07) is 5.12. The number of piperazine rings is 1. The van der Waals surface area contributed by atoms with Crippen molar-refractivity contribution >= 4 is 38.4 Å². The van der Waals surface area contributed by atoms with Gasteiger partial charge in [-0.2, -0.15) is 0 Å². The standard InChI is InChI=1S/C17H21N5O3S/c23-16(18-12-3-1-2-4-12)20-7-9-21(10-8-20)17-19-14-6-5-13(22(24)25)11-15(14)26-17/h5-6,11-12H,1-4,7-10H2,(H,18,23). The van der Waals surface area contributed by atoms with E-state index in [0.717, 1.165) is 41.3 Å². The summed E-state index contributed by atoms with van der Waals surface area (Å²) < 4.78 is 0.815. The summed E-state index contributed by atoms with van der Waals surface area (Å²) in [5.41, 5.74) is 0.859. The first-order valence-electron chi connectivity index (χ1n) is 8.95. The highest BCUT2D eigenvalue weighted by molar-refractivity contribution is 7.22. The second-order valence-electron chi connectivity index (χ2n) is 6.81. The Bertz CT molecular complexity index is 825. The van der Waals surface area contributed by atoms with Gasteiger partial charge in [-0.25, -0.2) is 9.78 Å². The van der Waals surface area contributed by atoms with E-state index in [2.05, 4.69) is 15.2 Å². The highest BCUT2D eigenvalue weighted by Crippen LogP contribution is 2.31. The number of nitrogens with zero attached hydrogens (tertiary/aromatic N) is 4. The van der Waals surface area contributed by atoms with Gasteiger partial charge >= 0.3 is 6.03 Å². The van der Waals surface area contributed by atoms with E-state index in [1.807, 2.05) is 4.90 Å². The summed E-state index contributed by atoms with van der Waals surface area (Å²) in [4.78, 5) is 31.5. The number of amides is 2. The molecule has 1 saturated carbocycles. The normalized spacial score (nSPS) is 18.5. The van der Waals surface area contributed by atoms with Gasteiger partial charge in [-0.1, -0.05) is 24.2 Å². The average molecular weight is 375 g/mol. The zero-order valence-corrected chi connectivity index (χ0v) is 15.2. The molecule has 2 heterocycles. The molecule has 0 unspecified atom stereocenters. The number of fused-ring (bicyclic) bond motifs is 1. The number of hydrogen-bond acceptors (Lipinski definition) is 6. The Balaban J connectivity index is 1.38. The molecular formula is C17H21N5O3S. The van der Waals surface area contributed by atoms with E-state index < -0.39 is 0 Å². The Kier molecular flexibility index (Phi) is 4.62. The molecule has 1 aliphatic heterocycles. The van der Waals surface area contributed by atoms with Crippen LogP contribution < -0.4 is 10.2 Å². The van der Waals surface area contributed by atoms with E-state index in [1.165, 1.54) is 30.2 Å². The number of non-ortho nitro benzene ring substituents is 1. The fourth-order valence-corrected chi connectivity index (χ4v) is 4.64. The molecule has 8 nitrogen and oxygen atoms in total. The third kappa shape index (κ3) is 3.44. The van der Waals surface area contributed by atoms with Crippen molar-refractivity contribution in [1.82, 2.24) is 15.2 Å². The summed E-state index contributed by atoms with van der Waals surface area (Å²) in [5.74, 6) is 0. The summed E-state index contributed by atoms with van der Waals surface area (Å²) >= 11 is 1.46. The quantitative estimate of drug-likeness (QED) is 0.658. The molecule has 0 atom stereocenters. The number of aromatic nitrogens is 1. The van der Waals surface area contributed by atoms with Crippen LogP contribution in [0.25, 0.3) is 10.2 Å². The van der Waals surface area contributed by atoms with Gasteiger partial charge in [-0.15, -0.1) is 0 Å². The lowest BCUT2D eigenvalue weighted by atomic mass is 10.2. The van der Waals surface area contributed by atoms with Crippen LogP contribution in [-0.2, 0) is 0 Å². The Morgan fingerprint density at radius 2 is 1.96 bits per heavy atom. The van der Waals surface area contributed by atoms with Gasteiger partial charge in [-0.3, -0.25) is 10.1 Å². The number of thiazole rings is 1. The molecule has 2 aliphatic rings. The van der Waals surface area contributed by atoms with Gasteiger partial charge in [0, 0.05) is 44.4 Å². The largest absolute Gasteiger partial charge is 0.345 e. The molecule has 2 amide bonds. The number of nitro groups is 1. The molecule has 0 bridgehead atoms. The van der Waals surface area contributed by atoms with Crippen LogP contribution in [0.1, 0.15) is 25.7 Å². The van der Waals surface area contributed by atoms with Crippen molar-refractivity contribution in [2.45, 2.75) is 31.7 Å². The van der Waals surface area contributed by atoms with Crippen molar-refractivity contribution in [1.29, 1.82) is 0 Å². The predicted octanol–water partition coefficient (Wildman–Crippen LogP) is 2.98. The van der Waals surface area contributed by atoms with Crippen molar-refractivity contribution in [3.05, 3.63) is 28.3 Å². The van der Waals surface area contributed by atoms with Crippen molar-refractivity contribution in [3.63, 3.8) is 0 Å². The zero-order valence-electron chi connectivity index (χ0n) is 14.4. The molecule has 9 heteroatoms. The Labute approximate surface area is 154 Å². The minimum absolute atomic E-state index is 0.0384. The van der Waals surface area contributed by atoms with Gasteiger partial charge in [0.1, 0.15) is 0 Å². The maximum Gasteiger partial charge on any atom is 0.317 e. The second kappa shape index (κ2) is 7.06. The number of anilines is 1. The number of hydrogen-bond donors (Lipinski definition) is 1. The van der Waals surface area contributed by atoms with Gasteiger partial charge in [0.2, 0.25) is 0 Å². The first-order valence-corrected chi connectivity index (χ1v) is 9.77.